The van der Waals surface area contributed by atoms with Gasteiger partial charge in [-0.25, -0.2) is 0 Å². The van der Waals surface area contributed by atoms with Gasteiger partial charge in [-0.1, -0.05) is 23.6 Å². The van der Waals surface area contributed by atoms with E-state index in [1.807, 2.05) is 72.8 Å². The van der Waals surface area contributed by atoms with Crippen molar-refractivity contribution in [2.45, 2.75) is 27.7 Å². The van der Waals surface area contributed by atoms with Crippen LogP contribution in [0.25, 0.3) is 5.57 Å². The van der Waals surface area contributed by atoms with Crippen LogP contribution < -0.4 is 0 Å². The van der Waals surface area contributed by atoms with E-state index in [1.165, 1.54) is 27.9 Å². The molecule has 1 aliphatic rings. The van der Waals surface area contributed by atoms with Crippen LogP contribution in [0.1, 0.15) is 33.3 Å². The summed E-state index contributed by atoms with van der Waals surface area (Å²) >= 11 is 0. The molecule has 153 valence electrons. The number of hydrogen-bond acceptors (Lipinski definition) is 1. The number of aliphatic hydroxyl groups excluding tert-OH is 1. The monoisotopic (exact) mass is 431 g/mol. The molecule has 1 aliphatic carbocycles. The Bertz CT molecular complexity index is 768. The van der Waals surface area contributed by atoms with Crippen LogP contribution in [0.4, 0.5) is 0 Å². The van der Waals surface area contributed by atoms with E-state index in [4.69, 9.17) is 5.11 Å². The van der Waals surface area contributed by atoms with Crippen LogP contribution in [0, 0.1) is 24.1 Å². The van der Waals surface area contributed by atoms with Crippen LogP contribution in [0.15, 0.2) is 102 Å². The van der Waals surface area contributed by atoms with E-state index in [-0.39, 0.29) is 21.7 Å². The third-order valence-corrected chi connectivity index (χ3v) is 4.85. The Morgan fingerprint density at radius 1 is 0.667 bits per heavy atom. The molecule has 0 saturated heterocycles. The van der Waals surface area contributed by atoms with Crippen molar-refractivity contribution in [1.29, 1.82) is 0 Å². The van der Waals surface area contributed by atoms with Crippen LogP contribution in [0.5, 0.6) is 0 Å². The number of aliphatic hydroxyl groups is 1. The number of benzene rings is 3. The quantitative estimate of drug-likeness (QED) is 0.331. The second-order valence-corrected chi connectivity index (χ2v) is 6.50. The number of allylic oxidation sites excluding steroid dienone is 4. The molecule has 3 aromatic rings. The van der Waals surface area contributed by atoms with E-state index < -0.39 is 0 Å². The Morgan fingerprint density at radius 3 is 1.40 bits per heavy atom. The van der Waals surface area contributed by atoms with Gasteiger partial charge in [0.2, 0.25) is 0 Å². The molecule has 0 spiro atoms. The number of rotatable bonds is 1. The van der Waals surface area contributed by atoms with Gasteiger partial charge in [0.1, 0.15) is 0 Å². The van der Waals surface area contributed by atoms with Gasteiger partial charge in [-0.2, -0.15) is 72.8 Å². The van der Waals surface area contributed by atoms with Crippen LogP contribution in [0.3, 0.4) is 0 Å². The Hall–Kier alpha value is -2.19. The van der Waals surface area contributed by atoms with E-state index in [0.717, 1.165) is 7.11 Å². The minimum Gasteiger partial charge on any atom is -0.400 e. The first-order valence-electron chi connectivity index (χ1n) is 9.75. The molecule has 3 aromatic carbocycles. The average Bonchev–Trinajstić information content (AvgIpc) is 3.01. The fourth-order valence-electron chi connectivity index (χ4n) is 3.04. The summed E-state index contributed by atoms with van der Waals surface area (Å²) in [4.78, 5) is 0. The van der Waals surface area contributed by atoms with Gasteiger partial charge in [-0.15, -0.1) is 41.5 Å². The van der Waals surface area contributed by atoms with E-state index >= 15 is 0 Å². The molecule has 1 atom stereocenters. The topological polar surface area (TPSA) is 20.2 Å². The predicted octanol–water partition coefficient (Wildman–Crippen LogP) is 6.83. The summed E-state index contributed by atoms with van der Waals surface area (Å²) in [6, 6.07) is 36.6. The summed E-state index contributed by atoms with van der Waals surface area (Å²) in [5, 5.41) is 7.00. The molecule has 1 nitrogen and oxygen atoms in total. The van der Waals surface area contributed by atoms with Gasteiger partial charge in [0.05, 0.1) is 0 Å². The molecule has 2 heteroatoms. The fourth-order valence-corrected chi connectivity index (χ4v) is 3.04. The second kappa shape index (κ2) is 16.6. The van der Waals surface area contributed by atoms with Crippen molar-refractivity contribution in [2.24, 2.45) is 5.92 Å². The summed E-state index contributed by atoms with van der Waals surface area (Å²) in [5.74, 6) is 0.545. The summed E-state index contributed by atoms with van der Waals surface area (Å²) in [7, 11) is 1.00. The van der Waals surface area contributed by atoms with Gasteiger partial charge >= 0.3 is 21.7 Å². The summed E-state index contributed by atoms with van der Waals surface area (Å²) in [6.07, 6.45) is 0. The van der Waals surface area contributed by atoms with Crippen LogP contribution in [-0.2, 0) is 21.7 Å². The first kappa shape index (κ1) is 27.8. The molecule has 1 radical (unpaired) electrons. The van der Waals surface area contributed by atoms with Crippen molar-refractivity contribution in [3.05, 3.63) is 125 Å². The summed E-state index contributed by atoms with van der Waals surface area (Å²) < 4.78 is 0. The zero-order valence-electron chi connectivity index (χ0n) is 18.6. The minimum atomic E-state index is 0. The molecule has 0 fully saturated rings. The molecule has 30 heavy (non-hydrogen) atoms. The Morgan fingerprint density at radius 2 is 1.13 bits per heavy atom. The predicted molar refractivity (Wildman–Crippen MR) is 124 cm³/mol. The molecule has 0 heterocycles. The Labute approximate surface area is 198 Å². The van der Waals surface area contributed by atoms with Crippen molar-refractivity contribution in [3.8, 4) is 0 Å². The molecule has 1 unspecified atom stereocenters. The second-order valence-electron chi connectivity index (χ2n) is 6.50. The smallest absolute Gasteiger partial charge is 0.400 e. The van der Waals surface area contributed by atoms with Crippen LogP contribution in [0.2, 0.25) is 0 Å². The average molecular weight is 431 g/mol. The van der Waals surface area contributed by atoms with Crippen molar-refractivity contribution < 1.29 is 26.8 Å². The third kappa shape index (κ3) is 9.09. The van der Waals surface area contributed by atoms with Crippen molar-refractivity contribution in [1.82, 2.24) is 0 Å². The molecule has 0 aliphatic heterocycles. The van der Waals surface area contributed by atoms with Gasteiger partial charge in [0.15, 0.2) is 0 Å². The summed E-state index contributed by atoms with van der Waals surface area (Å²) in [5.41, 5.74) is 7.08. The van der Waals surface area contributed by atoms with Crippen molar-refractivity contribution >= 4 is 5.57 Å². The van der Waals surface area contributed by atoms with Gasteiger partial charge < -0.3 is 5.11 Å². The largest absolute Gasteiger partial charge is 3.00 e. The maximum absolute atomic E-state index is 7.00. The van der Waals surface area contributed by atoms with Gasteiger partial charge in [0.25, 0.3) is 0 Å². The van der Waals surface area contributed by atoms with E-state index in [2.05, 4.69) is 58.0 Å². The van der Waals surface area contributed by atoms with Crippen molar-refractivity contribution in [3.63, 3.8) is 0 Å². The van der Waals surface area contributed by atoms with E-state index in [0.29, 0.717) is 5.92 Å². The first-order chi connectivity index (χ1) is 14.1. The van der Waals surface area contributed by atoms with Gasteiger partial charge in [-0.05, 0) is 26.7 Å². The Balaban J connectivity index is 0.000000465. The molecule has 0 saturated carbocycles. The zero-order chi connectivity index (χ0) is 21.5. The molecule has 0 amide bonds. The maximum Gasteiger partial charge on any atom is 3.00 e. The first-order valence-corrected chi connectivity index (χ1v) is 9.75. The van der Waals surface area contributed by atoms with E-state index in [9.17, 15) is 0 Å². The Kier molecular flexibility index (Phi) is 15.4. The molecule has 0 bridgehead atoms. The maximum atomic E-state index is 7.00. The van der Waals surface area contributed by atoms with Gasteiger partial charge in [0, 0.05) is 7.11 Å². The normalized spacial score (nSPS) is 14.1. The van der Waals surface area contributed by atoms with Gasteiger partial charge in [-0.3, -0.25) is 0 Å². The van der Waals surface area contributed by atoms with E-state index in [1.54, 1.807) is 0 Å². The SMILES string of the molecule is CC1=C(C)C(C)C(c2[c-]cccc2)=C1C.CO.[Ti+3].[c-]1ccccc1.[c-]1ccccc1. The summed E-state index contributed by atoms with van der Waals surface area (Å²) in [6.45, 7) is 8.96. The molecular weight excluding hydrogens is 400 g/mol. The molecule has 0 aromatic heterocycles. The standard InChI is InChI=1S/C15H17.2C6H5.CH4O.Ti/c1-10-11(2)13(4)15(12(10)3)14-8-6-5-7-9-14;2*1-2-4-6-5-3-1;1-2;/h5-8,12H,1-4H3;2*1-5H;2H,1H3;/q3*-1;;+3. The minimum absolute atomic E-state index is 0. The third-order valence-electron chi connectivity index (χ3n) is 4.85. The fraction of sp³-hybridized carbons (Fsp3) is 0.214. The van der Waals surface area contributed by atoms with Crippen molar-refractivity contribution in [2.75, 3.05) is 7.11 Å². The molecule has 4 rings (SSSR count). The van der Waals surface area contributed by atoms with Crippen LogP contribution >= 0.6 is 0 Å². The van der Waals surface area contributed by atoms with Crippen LogP contribution in [-0.4, -0.2) is 12.2 Å². The number of hydrogen-bond donors (Lipinski definition) is 1. The molecule has 1 N–H and O–H groups in total. The molecular formula is C28H31OTi. The zero-order valence-corrected chi connectivity index (χ0v) is 20.2.